The minimum Gasteiger partial charge on any atom is -0.504 e. The van der Waals surface area contributed by atoms with E-state index in [-0.39, 0.29) is 23.8 Å². The number of aliphatic hydroxyl groups is 3. The van der Waals surface area contributed by atoms with Crippen LogP contribution in [0.5, 0.6) is 23.0 Å². The van der Waals surface area contributed by atoms with Crippen molar-refractivity contribution in [2.24, 2.45) is 0 Å². The van der Waals surface area contributed by atoms with E-state index in [1.165, 1.54) is 38.6 Å². The lowest BCUT2D eigenvalue weighted by molar-refractivity contribution is -0.0511. The van der Waals surface area contributed by atoms with Crippen molar-refractivity contribution in [2.45, 2.75) is 31.1 Å². The normalized spacial score (nSPS) is 22.5. The van der Waals surface area contributed by atoms with Crippen molar-refractivity contribution < 1.29 is 39.4 Å². The van der Waals surface area contributed by atoms with Crippen LogP contribution in [-0.2, 0) is 11.3 Å². The summed E-state index contributed by atoms with van der Waals surface area (Å²) in [6.07, 6.45) is -1.73. The lowest BCUT2D eigenvalue weighted by atomic mass is 10.1. The molecule has 3 aromatic rings. The molecule has 178 valence electrons. The van der Waals surface area contributed by atoms with Gasteiger partial charge in [0.05, 0.1) is 34.3 Å². The number of aromatic nitrogens is 4. The van der Waals surface area contributed by atoms with Crippen molar-refractivity contribution in [2.75, 3.05) is 33.3 Å². The number of aliphatic hydroxyl groups excluding tert-OH is 3. The van der Waals surface area contributed by atoms with Gasteiger partial charge in [-0.2, -0.15) is 0 Å². The Bertz CT molecular complexity index is 1140. The second-order valence-corrected chi connectivity index (χ2v) is 7.28. The summed E-state index contributed by atoms with van der Waals surface area (Å²) in [5.41, 5.74) is 1.18. The lowest BCUT2D eigenvalue weighted by Gasteiger charge is -2.17. The average Bonchev–Trinajstić information content (AvgIpc) is 3.38. The van der Waals surface area contributed by atoms with Crippen molar-refractivity contribution in [1.29, 1.82) is 0 Å². The second-order valence-electron chi connectivity index (χ2n) is 7.28. The van der Waals surface area contributed by atoms with Gasteiger partial charge >= 0.3 is 0 Å². The van der Waals surface area contributed by atoms with Crippen LogP contribution in [-0.4, -0.2) is 86.2 Å². The number of aromatic hydroxyl groups is 1. The molecule has 1 fully saturated rings. The molecule has 1 aliphatic rings. The quantitative estimate of drug-likeness (QED) is 0.298. The summed E-state index contributed by atoms with van der Waals surface area (Å²) >= 11 is 0. The number of fused-ring (bicyclic) bond motifs is 1. The Kier molecular flexibility index (Phi) is 6.37. The van der Waals surface area contributed by atoms with Gasteiger partial charge < -0.3 is 44.7 Å². The topological polar surface area (TPSA) is 173 Å². The van der Waals surface area contributed by atoms with E-state index < -0.39 is 31.1 Å². The molecule has 5 N–H and O–H groups in total. The number of methoxy groups -OCH3 is 3. The predicted molar refractivity (Wildman–Crippen MR) is 113 cm³/mol. The number of phenolic OH excluding ortho intramolecular Hbond substituents is 1. The van der Waals surface area contributed by atoms with Gasteiger partial charge in [0.2, 0.25) is 11.5 Å². The minimum absolute atomic E-state index is 0.120. The van der Waals surface area contributed by atoms with E-state index in [1.54, 1.807) is 6.07 Å². The molecule has 0 amide bonds. The lowest BCUT2D eigenvalue weighted by Crippen LogP contribution is -2.33. The van der Waals surface area contributed by atoms with Gasteiger partial charge in [0.15, 0.2) is 34.7 Å². The van der Waals surface area contributed by atoms with Crippen LogP contribution in [0, 0.1) is 0 Å². The molecule has 1 aliphatic heterocycles. The highest BCUT2D eigenvalue weighted by Crippen LogP contribution is 2.46. The molecule has 0 spiro atoms. The first kappa shape index (κ1) is 22.8. The van der Waals surface area contributed by atoms with Gasteiger partial charge in [0, 0.05) is 12.1 Å². The Morgan fingerprint density at radius 2 is 1.82 bits per heavy atom. The summed E-state index contributed by atoms with van der Waals surface area (Å²) in [6.45, 7) is -0.309. The zero-order valence-electron chi connectivity index (χ0n) is 18.2. The molecule has 0 saturated carbocycles. The smallest absolute Gasteiger partial charge is 0.207 e. The molecule has 13 heteroatoms. The average molecular weight is 463 g/mol. The third-order valence-electron chi connectivity index (χ3n) is 5.48. The molecule has 1 saturated heterocycles. The highest BCUT2D eigenvalue weighted by Gasteiger charge is 2.44. The SMILES string of the molecule is COc1cc(CNc2ncnc3c2ncn3[C@@H]2O[C@H](CO)[C@@H](O)[C@H]2O)c(O)c(OC)c1OC. The van der Waals surface area contributed by atoms with Crippen LogP contribution in [0.1, 0.15) is 11.8 Å². The van der Waals surface area contributed by atoms with Gasteiger partial charge in [-0.15, -0.1) is 0 Å². The van der Waals surface area contributed by atoms with Crippen molar-refractivity contribution in [3.63, 3.8) is 0 Å². The summed E-state index contributed by atoms with van der Waals surface area (Å²) in [5, 5.41) is 43.4. The zero-order chi connectivity index (χ0) is 23.7. The fourth-order valence-electron chi connectivity index (χ4n) is 3.78. The predicted octanol–water partition coefficient (Wildman–Crippen LogP) is -0.219. The molecule has 0 unspecified atom stereocenters. The largest absolute Gasteiger partial charge is 0.504 e. The van der Waals surface area contributed by atoms with Crippen LogP contribution in [0.15, 0.2) is 18.7 Å². The van der Waals surface area contributed by atoms with Crippen LogP contribution < -0.4 is 19.5 Å². The van der Waals surface area contributed by atoms with Gasteiger partial charge in [-0.25, -0.2) is 15.0 Å². The number of rotatable bonds is 8. The Hall–Kier alpha value is -3.39. The fraction of sp³-hybridized carbons (Fsp3) is 0.450. The van der Waals surface area contributed by atoms with Crippen molar-refractivity contribution in [3.8, 4) is 23.0 Å². The third kappa shape index (κ3) is 3.84. The van der Waals surface area contributed by atoms with E-state index in [4.69, 9.17) is 18.9 Å². The number of nitrogens with one attached hydrogen (secondary N) is 1. The number of hydrogen-bond acceptors (Lipinski definition) is 12. The van der Waals surface area contributed by atoms with Crippen LogP contribution >= 0.6 is 0 Å². The van der Waals surface area contributed by atoms with Crippen LogP contribution in [0.25, 0.3) is 11.2 Å². The van der Waals surface area contributed by atoms with Crippen LogP contribution in [0.4, 0.5) is 5.82 Å². The minimum atomic E-state index is -1.28. The van der Waals surface area contributed by atoms with E-state index >= 15 is 0 Å². The van der Waals surface area contributed by atoms with Crippen LogP contribution in [0.3, 0.4) is 0 Å². The number of anilines is 1. The number of ether oxygens (including phenoxy) is 4. The molecule has 0 radical (unpaired) electrons. The maximum absolute atomic E-state index is 10.6. The van der Waals surface area contributed by atoms with Gasteiger partial charge in [-0.1, -0.05) is 0 Å². The standard InChI is InChI=1S/C20H25N5O8/c1-30-10-4-9(13(27)17(32-3)16(10)31-2)5-21-18-12-19(23-7-22-18)25(8-24-12)20-15(29)14(28)11(6-26)33-20/h4,7-8,11,14-15,20,26-29H,5-6H2,1-3H3,(H,21,22,23)/t11-,14-,15-,20-/m1/s1. The molecular weight excluding hydrogens is 438 g/mol. The zero-order valence-corrected chi connectivity index (χ0v) is 18.2. The van der Waals surface area contributed by atoms with Crippen LogP contribution in [0.2, 0.25) is 0 Å². The number of benzene rings is 1. The Labute approximate surface area is 188 Å². The van der Waals surface area contributed by atoms with E-state index in [0.717, 1.165) is 0 Å². The van der Waals surface area contributed by atoms with E-state index in [1.807, 2.05) is 0 Å². The molecule has 13 nitrogen and oxygen atoms in total. The van der Waals surface area contributed by atoms with Crippen molar-refractivity contribution >= 4 is 17.0 Å². The van der Waals surface area contributed by atoms with Crippen molar-refractivity contribution in [3.05, 3.63) is 24.3 Å². The van der Waals surface area contributed by atoms with Gasteiger partial charge in [0.1, 0.15) is 24.6 Å². The molecule has 0 aliphatic carbocycles. The first-order valence-electron chi connectivity index (χ1n) is 9.99. The monoisotopic (exact) mass is 463 g/mol. The number of hydrogen-bond donors (Lipinski definition) is 5. The molecule has 0 bridgehead atoms. The summed E-state index contributed by atoms with van der Waals surface area (Å²) in [7, 11) is 4.33. The van der Waals surface area contributed by atoms with E-state index in [2.05, 4.69) is 20.3 Å². The molecule has 33 heavy (non-hydrogen) atoms. The first-order valence-corrected chi connectivity index (χ1v) is 9.99. The maximum Gasteiger partial charge on any atom is 0.207 e. The molecule has 4 rings (SSSR count). The Balaban J connectivity index is 1.63. The Morgan fingerprint density at radius 3 is 2.45 bits per heavy atom. The van der Waals surface area contributed by atoms with Gasteiger partial charge in [0.25, 0.3) is 0 Å². The van der Waals surface area contributed by atoms with Gasteiger partial charge in [-0.05, 0) is 6.07 Å². The number of imidazole rings is 1. The molecular formula is C20H25N5O8. The van der Waals surface area contributed by atoms with E-state index in [0.29, 0.717) is 28.3 Å². The van der Waals surface area contributed by atoms with Gasteiger partial charge in [-0.3, -0.25) is 4.57 Å². The highest BCUT2D eigenvalue weighted by atomic mass is 16.6. The first-order chi connectivity index (χ1) is 15.9. The summed E-state index contributed by atoms with van der Waals surface area (Å²) in [6, 6.07) is 1.61. The van der Waals surface area contributed by atoms with E-state index in [9.17, 15) is 20.4 Å². The summed E-state index contributed by atoms with van der Waals surface area (Å²) in [4.78, 5) is 12.7. The number of phenols is 1. The van der Waals surface area contributed by atoms with Crippen molar-refractivity contribution in [1.82, 2.24) is 19.5 Å². The molecule has 3 heterocycles. The molecule has 4 atom stereocenters. The third-order valence-corrected chi connectivity index (χ3v) is 5.48. The molecule has 1 aromatic carbocycles. The highest BCUT2D eigenvalue weighted by molar-refractivity contribution is 5.82. The Morgan fingerprint density at radius 1 is 1.06 bits per heavy atom. The fourth-order valence-corrected chi connectivity index (χ4v) is 3.78. The summed E-state index contributed by atoms with van der Waals surface area (Å²) < 4.78 is 22.9. The summed E-state index contributed by atoms with van der Waals surface area (Å²) in [5.74, 6) is 1.02. The molecule has 2 aromatic heterocycles. The second kappa shape index (κ2) is 9.23. The maximum atomic E-state index is 10.6. The number of nitrogens with zero attached hydrogens (tertiary/aromatic N) is 4.